The van der Waals surface area contributed by atoms with Gasteiger partial charge in [-0.25, -0.2) is 0 Å². The lowest BCUT2D eigenvalue weighted by Crippen LogP contribution is -2.44. The Morgan fingerprint density at radius 3 is 2.56 bits per heavy atom. The molecule has 0 aromatic carbocycles. The van der Waals surface area contributed by atoms with Crippen LogP contribution >= 0.6 is 0 Å². The first kappa shape index (κ1) is 13.0. The van der Waals surface area contributed by atoms with Crippen molar-refractivity contribution in [2.24, 2.45) is 11.3 Å². The third-order valence-electron chi connectivity index (χ3n) is 3.16. The second kappa shape index (κ2) is 4.82. The van der Waals surface area contributed by atoms with E-state index in [9.17, 15) is 9.59 Å². The predicted molar refractivity (Wildman–Crippen MR) is 57.9 cm³/mol. The number of amides is 1. The molecule has 2 N–H and O–H groups in total. The van der Waals surface area contributed by atoms with Gasteiger partial charge in [0.25, 0.3) is 0 Å². The summed E-state index contributed by atoms with van der Waals surface area (Å²) in [4.78, 5) is 22.5. The summed E-state index contributed by atoms with van der Waals surface area (Å²) in [7, 11) is 0. The summed E-state index contributed by atoms with van der Waals surface area (Å²) in [6.07, 6.45) is 1.04. The minimum atomic E-state index is -1.37. The third-order valence-corrected chi connectivity index (χ3v) is 3.16. The van der Waals surface area contributed by atoms with Gasteiger partial charge in [0.1, 0.15) is 5.41 Å². The fourth-order valence-corrected chi connectivity index (χ4v) is 1.59. The molecule has 0 aliphatic carbocycles. The van der Waals surface area contributed by atoms with Gasteiger partial charge in [0.2, 0.25) is 5.91 Å². The molecule has 2 atom stereocenters. The molecule has 0 aromatic rings. The smallest absolute Gasteiger partial charge is 0.318 e. The van der Waals surface area contributed by atoms with Crippen LogP contribution in [0.25, 0.3) is 0 Å². The minimum absolute atomic E-state index is 0.133. The predicted octanol–water partition coefficient (Wildman–Crippen LogP) is 0.638. The highest BCUT2D eigenvalue weighted by atomic mass is 16.5. The third kappa shape index (κ3) is 2.72. The molecule has 1 fully saturated rings. The number of carbonyl (C=O) groups excluding carboxylic acids is 1. The Balaban J connectivity index is 2.43. The quantitative estimate of drug-likeness (QED) is 0.694. The van der Waals surface area contributed by atoms with Crippen molar-refractivity contribution >= 4 is 11.9 Å². The van der Waals surface area contributed by atoms with Crippen LogP contribution in [0.3, 0.4) is 0 Å². The fraction of sp³-hybridized carbons (Fsp3) is 0.818. The second-order valence-electron chi connectivity index (χ2n) is 4.76. The maximum atomic E-state index is 11.6. The molecule has 1 amide bonds. The second-order valence-corrected chi connectivity index (χ2v) is 4.76. The van der Waals surface area contributed by atoms with Crippen molar-refractivity contribution in [3.05, 3.63) is 0 Å². The van der Waals surface area contributed by atoms with Gasteiger partial charge >= 0.3 is 5.97 Å². The van der Waals surface area contributed by atoms with Crippen LogP contribution in [0.15, 0.2) is 0 Å². The fourth-order valence-electron chi connectivity index (χ4n) is 1.59. The number of hydrogen-bond donors (Lipinski definition) is 2. The molecular weight excluding hydrogens is 210 g/mol. The molecule has 1 aliphatic heterocycles. The molecule has 1 aliphatic rings. The Labute approximate surface area is 95.2 Å². The van der Waals surface area contributed by atoms with Crippen molar-refractivity contribution in [3.63, 3.8) is 0 Å². The van der Waals surface area contributed by atoms with Gasteiger partial charge in [-0.3, -0.25) is 9.59 Å². The SMILES string of the molecule is CC1OCCC1CNC(=O)C(C)(C)C(=O)O. The molecule has 5 nitrogen and oxygen atoms in total. The van der Waals surface area contributed by atoms with E-state index in [0.29, 0.717) is 13.2 Å². The molecule has 2 unspecified atom stereocenters. The van der Waals surface area contributed by atoms with Crippen molar-refractivity contribution in [1.29, 1.82) is 0 Å². The van der Waals surface area contributed by atoms with Crippen molar-refractivity contribution in [2.45, 2.75) is 33.3 Å². The van der Waals surface area contributed by atoms with Crippen molar-refractivity contribution in [1.82, 2.24) is 5.32 Å². The maximum absolute atomic E-state index is 11.6. The first-order valence-electron chi connectivity index (χ1n) is 5.49. The number of aliphatic carboxylic acids is 1. The van der Waals surface area contributed by atoms with Crippen LogP contribution in [0.2, 0.25) is 0 Å². The average Bonchev–Trinajstić information content (AvgIpc) is 2.60. The van der Waals surface area contributed by atoms with E-state index in [1.54, 1.807) is 0 Å². The standard InChI is InChI=1S/C11H19NO4/c1-7-8(4-5-16-7)6-12-9(13)11(2,3)10(14)15/h7-8H,4-6H2,1-3H3,(H,12,13)(H,14,15). The number of ether oxygens (including phenoxy) is 1. The molecule has 0 saturated carbocycles. The normalized spacial score (nSPS) is 25.4. The Bertz CT molecular complexity index is 288. The molecular formula is C11H19NO4. The van der Waals surface area contributed by atoms with E-state index in [2.05, 4.69) is 5.32 Å². The molecule has 0 bridgehead atoms. The van der Waals surface area contributed by atoms with E-state index >= 15 is 0 Å². The van der Waals surface area contributed by atoms with Crippen molar-refractivity contribution in [2.75, 3.05) is 13.2 Å². The minimum Gasteiger partial charge on any atom is -0.480 e. The summed E-state index contributed by atoms with van der Waals surface area (Å²) in [6.45, 7) is 5.96. The van der Waals surface area contributed by atoms with Crippen LogP contribution < -0.4 is 5.32 Å². The van der Waals surface area contributed by atoms with Crippen molar-refractivity contribution < 1.29 is 19.4 Å². The van der Waals surface area contributed by atoms with E-state index in [1.165, 1.54) is 13.8 Å². The maximum Gasteiger partial charge on any atom is 0.318 e. The first-order chi connectivity index (χ1) is 7.35. The van der Waals surface area contributed by atoms with Crippen LogP contribution in [-0.2, 0) is 14.3 Å². The van der Waals surface area contributed by atoms with Gasteiger partial charge in [0.15, 0.2) is 0 Å². The summed E-state index contributed by atoms with van der Waals surface area (Å²) in [5.74, 6) is -1.27. The lowest BCUT2D eigenvalue weighted by Gasteiger charge is -2.21. The summed E-state index contributed by atoms with van der Waals surface area (Å²) in [6, 6.07) is 0. The van der Waals surface area contributed by atoms with Crippen molar-refractivity contribution in [3.8, 4) is 0 Å². The van der Waals surface area contributed by atoms with Gasteiger partial charge in [0.05, 0.1) is 6.10 Å². The summed E-state index contributed by atoms with van der Waals surface area (Å²) < 4.78 is 5.36. The summed E-state index contributed by atoms with van der Waals surface area (Å²) in [5.41, 5.74) is -1.37. The lowest BCUT2D eigenvalue weighted by molar-refractivity contribution is -0.153. The monoisotopic (exact) mass is 229 g/mol. The molecule has 1 rings (SSSR count). The number of carboxylic acids is 1. The highest BCUT2D eigenvalue weighted by molar-refractivity contribution is 6.00. The Hall–Kier alpha value is -1.10. The highest BCUT2D eigenvalue weighted by Crippen LogP contribution is 2.20. The van der Waals surface area contributed by atoms with E-state index < -0.39 is 17.3 Å². The Morgan fingerprint density at radius 2 is 2.12 bits per heavy atom. The summed E-state index contributed by atoms with van der Waals surface area (Å²) >= 11 is 0. The molecule has 0 spiro atoms. The molecule has 16 heavy (non-hydrogen) atoms. The van der Waals surface area contributed by atoms with Crippen LogP contribution in [-0.4, -0.2) is 36.2 Å². The van der Waals surface area contributed by atoms with Crippen LogP contribution in [0.4, 0.5) is 0 Å². The first-order valence-corrected chi connectivity index (χ1v) is 5.49. The van der Waals surface area contributed by atoms with E-state index in [1.807, 2.05) is 6.92 Å². The van der Waals surface area contributed by atoms with Gasteiger partial charge in [-0.05, 0) is 27.2 Å². The zero-order chi connectivity index (χ0) is 12.3. The molecule has 92 valence electrons. The van der Waals surface area contributed by atoms with Gasteiger partial charge in [-0.15, -0.1) is 0 Å². The molecule has 0 radical (unpaired) electrons. The number of nitrogens with one attached hydrogen (secondary N) is 1. The number of carboxylic acid groups (broad SMARTS) is 1. The van der Waals surface area contributed by atoms with Gasteiger partial charge < -0.3 is 15.2 Å². The number of carbonyl (C=O) groups is 2. The Kier molecular flexibility index (Phi) is 3.91. The topological polar surface area (TPSA) is 75.6 Å². The highest BCUT2D eigenvalue weighted by Gasteiger charge is 2.36. The zero-order valence-corrected chi connectivity index (χ0v) is 9.95. The van der Waals surface area contributed by atoms with Crippen LogP contribution in [0.5, 0.6) is 0 Å². The molecule has 1 saturated heterocycles. The van der Waals surface area contributed by atoms with Crippen LogP contribution in [0.1, 0.15) is 27.2 Å². The summed E-state index contributed by atoms with van der Waals surface area (Å²) in [5, 5.41) is 11.5. The van der Waals surface area contributed by atoms with Gasteiger partial charge in [-0.1, -0.05) is 0 Å². The Morgan fingerprint density at radius 1 is 1.50 bits per heavy atom. The van der Waals surface area contributed by atoms with Crippen LogP contribution in [0, 0.1) is 11.3 Å². The van der Waals surface area contributed by atoms with Gasteiger partial charge in [0, 0.05) is 19.1 Å². The van der Waals surface area contributed by atoms with E-state index in [0.717, 1.165) is 6.42 Å². The number of hydrogen-bond acceptors (Lipinski definition) is 3. The van der Waals surface area contributed by atoms with E-state index in [4.69, 9.17) is 9.84 Å². The largest absolute Gasteiger partial charge is 0.480 e. The average molecular weight is 229 g/mol. The number of rotatable bonds is 4. The molecule has 5 heteroatoms. The lowest BCUT2D eigenvalue weighted by atomic mass is 9.92. The molecule has 0 aromatic heterocycles. The van der Waals surface area contributed by atoms with Gasteiger partial charge in [-0.2, -0.15) is 0 Å². The zero-order valence-electron chi connectivity index (χ0n) is 9.95. The van der Waals surface area contributed by atoms with E-state index in [-0.39, 0.29) is 12.0 Å². The molecule has 1 heterocycles.